The first kappa shape index (κ1) is 11.2. The summed E-state index contributed by atoms with van der Waals surface area (Å²) in [7, 11) is 0. The zero-order valence-corrected chi connectivity index (χ0v) is 8.51. The minimum absolute atomic E-state index is 1.07. The van der Waals surface area contributed by atoms with Crippen LogP contribution in [0.25, 0.3) is 0 Å². The maximum absolute atomic E-state index is 2.28. The molecule has 0 aliphatic rings. The van der Waals surface area contributed by atoms with Gasteiger partial charge in [-0.05, 0) is 33.1 Å². The molecule has 0 saturated carbocycles. The predicted molar refractivity (Wildman–Crippen MR) is 57.2 cm³/mol. The molecule has 0 aliphatic heterocycles. The number of hydrogen-bond donors (Lipinski definition) is 0. The Balaban J connectivity index is 3.62. The van der Waals surface area contributed by atoms with Crippen molar-refractivity contribution in [2.24, 2.45) is 0 Å². The topological polar surface area (TPSA) is 0 Å². The standard InChI is InChI=1S/C12H20/c1-4-6-8-10-12(3)11-9-7-5-2/h4,6-7,9-10H,5,8,11H2,1-3H3. The Morgan fingerprint density at radius 1 is 1.17 bits per heavy atom. The van der Waals surface area contributed by atoms with Crippen LogP contribution in [0, 0.1) is 0 Å². The molecule has 12 heavy (non-hydrogen) atoms. The van der Waals surface area contributed by atoms with E-state index >= 15 is 0 Å². The monoisotopic (exact) mass is 164 g/mol. The Morgan fingerprint density at radius 3 is 2.50 bits per heavy atom. The van der Waals surface area contributed by atoms with Gasteiger partial charge in [-0.1, -0.05) is 42.9 Å². The Bertz CT molecular complexity index is 170. The van der Waals surface area contributed by atoms with E-state index in [9.17, 15) is 0 Å². The van der Waals surface area contributed by atoms with E-state index in [0.29, 0.717) is 0 Å². The van der Waals surface area contributed by atoms with Gasteiger partial charge in [0.1, 0.15) is 0 Å². The molecule has 0 saturated heterocycles. The van der Waals surface area contributed by atoms with E-state index in [2.05, 4.69) is 51.2 Å². The van der Waals surface area contributed by atoms with Gasteiger partial charge in [0, 0.05) is 0 Å². The molecule has 68 valence electrons. The van der Waals surface area contributed by atoms with Crippen LogP contribution in [0.3, 0.4) is 0 Å². The van der Waals surface area contributed by atoms with Crippen LogP contribution < -0.4 is 0 Å². The molecule has 0 nitrogen and oxygen atoms in total. The summed E-state index contributed by atoms with van der Waals surface area (Å²) in [5.74, 6) is 0. The van der Waals surface area contributed by atoms with Crippen LogP contribution in [0.15, 0.2) is 36.0 Å². The lowest BCUT2D eigenvalue weighted by atomic mass is 10.1. The quantitative estimate of drug-likeness (QED) is 0.533. The van der Waals surface area contributed by atoms with Gasteiger partial charge in [-0.3, -0.25) is 0 Å². The van der Waals surface area contributed by atoms with E-state index in [-0.39, 0.29) is 0 Å². The fraction of sp³-hybridized carbons (Fsp3) is 0.500. The van der Waals surface area contributed by atoms with E-state index in [1.54, 1.807) is 0 Å². The van der Waals surface area contributed by atoms with Crippen molar-refractivity contribution in [3.8, 4) is 0 Å². The van der Waals surface area contributed by atoms with Gasteiger partial charge in [-0.15, -0.1) is 0 Å². The van der Waals surface area contributed by atoms with Crippen LogP contribution in [-0.4, -0.2) is 0 Å². The highest BCUT2D eigenvalue weighted by molar-refractivity contribution is 5.06. The summed E-state index contributed by atoms with van der Waals surface area (Å²) in [5.41, 5.74) is 1.46. The van der Waals surface area contributed by atoms with Gasteiger partial charge in [-0.2, -0.15) is 0 Å². The SMILES string of the molecule is CC=CCC=C(C)CC=CCC. The average Bonchev–Trinajstić information content (AvgIpc) is 2.06. The van der Waals surface area contributed by atoms with Crippen LogP contribution in [0.2, 0.25) is 0 Å². The zero-order valence-electron chi connectivity index (χ0n) is 8.51. The summed E-state index contributed by atoms with van der Waals surface area (Å²) < 4.78 is 0. The third-order valence-electron chi connectivity index (χ3n) is 1.68. The molecule has 0 radical (unpaired) electrons. The fourth-order valence-electron chi connectivity index (χ4n) is 0.925. The van der Waals surface area contributed by atoms with E-state index in [1.807, 2.05) is 0 Å². The normalized spacial score (nSPS) is 13.4. The number of hydrogen-bond acceptors (Lipinski definition) is 0. The van der Waals surface area contributed by atoms with Crippen molar-refractivity contribution in [3.05, 3.63) is 36.0 Å². The lowest BCUT2D eigenvalue weighted by Gasteiger charge is -1.93. The zero-order chi connectivity index (χ0) is 9.23. The van der Waals surface area contributed by atoms with Crippen molar-refractivity contribution < 1.29 is 0 Å². The third-order valence-corrected chi connectivity index (χ3v) is 1.68. The van der Waals surface area contributed by atoms with Crippen molar-refractivity contribution in [2.75, 3.05) is 0 Å². The highest BCUT2D eigenvalue weighted by Crippen LogP contribution is 2.03. The summed E-state index contributed by atoms with van der Waals surface area (Å²) in [6.45, 7) is 6.40. The van der Waals surface area contributed by atoms with Crippen LogP contribution in [0.1, 0.15) is 40.0 Å². The molecular formula is C12H20. The van der Waals surface area contributed by atoms with Crippen LogP contribution in [-0.2, 0) is 0 Å². The summed E-state index contributed by atoms with van der Waals surface area (Å²) in [6, 6.07) is 0. The fourth-order valence-corrected chi connectivity index (χ4v) is 0.925. The highest BCUT2D eigenvalue weighted by Gasteiger charge is 1.82. The van der Waals surface area contributed by atoms with Crippen molar-refractivity contribution in [1.82, 2.24) is 0 Å². The molecule has 0 spiro atoms. The second-order valence-electron chi connectivity index (χ2n) is 2.94. The molecule has 0 bridgehead atoms. The maximum atomic E-state index is 2.28. The van der Waals surface area contributed by atoms with Crippen molar-refractivity contribution in [2.45, 2.75) is 40.0 Å². The van der Waals surface area contributed by atoms with E-state index in [4.69, 9.17) is 0 Å². The van der Waals surface area contributed by atoms with Gasteiger partial charge in [0.25, 0.3) is 0 Å². The van der Waals surface area contributed by atoms with Gasteiger partial charge in [-0.25, -0.2) is 0 Å². The van der Waals surface area contributed by atoms with Crippen molar-refractivity contribution >= 4 is 0 Å². The molecule has 0 N–H and O–H groups in total. The van der Waals surface area contributed by atoms with Crippen molar-refractivity contribution in [3.63, 3.8) is 0 Å². The van der Waals surface area contributed by atoms with Crippen LogP contribution >= 0.6 is 0 Å². The predicted octanol–water partition coefficient (Wildman–Crippen LogP) is 4.26. The minimum atomic E-state index is 1.07. The highest BCUT2D eigenvalue weighted by atomic mass is 13.9. The molecular weight excluding hydrogens is 144 g/mol. The Hall–Kier alpha value is -0.780. The molecule has 0 aromatic rings. The third kappa shape index (κ3) is 7.33. The molecule has 0 aliphatic carbocycles. The molecule has 0 rings (SSSR count). The van der Waals surface area contributed by atoms with Gasteiger partial charge in [0.05, 0.1) is 0 Å². The van der Waals surface area contributed by atoms with E-state index in [1.165, 1.54) is 5.57 Å². The van der Waals surface area contributed by atoms with Crippen LogP contribution in [0.5, 0.6) is 0 Å². The first-order valence-electron chi connectivity index (χ1n) is 4.73. The first-order valence-corrected chi connectivity index (χ1v) is 4.73. The Morgan fingerprint density at radius 2 is 1.92 bits per heavy atom. The summed E-state index contributed by atoms with van der Waals surface area (Å²) in [4.78, 5) is 0. The van der Waals surface area contributed by atoms with Gasteiger partial charge >= 0.3 is 0 Å². The Labute approximate surface area is 76.7 Å². The lowest BCUT2D eigenvalue weighted by Crippen LogP contribution is -1.72. The van der Waals surface area contributed by atoms with E-state index < -0.39 is 0 Å². The van der Waals surface area contributed by atoms with Crippen molar-refractivity contribution in [1.29, 1.82) is 0 Å². The average molecular weight is 164 g/mol. The molecule has 0 unspecified atom stereocenters. The second kappa shape index (κ2) is 8.32. The maximum Gasteiger partial charge on any atom is -0.0141 e. The largest absolute Gasteiger partial charge is 0.0914 e. The van der Waals surface area contributed by atoms with Gasteiger partial charge in [0.15, 0.2) is 0 Å². The molecule has 0 atom stereocenters. The van der Waals surface area contributed by atoms with Crippen LogP contribution in [0.4, 0.5) is 0 Å². The van der Waals surface area contributed by atoms with E-state index in [0.717, 1.165) is 19.3 Å². The number of allylic oxidation sites excluding steroid dienone is 6. The molecule has 0 amide bonds. The van der Waals surface area contributed by atoms with Gasteiger partial charge in [0.2, 0.25) is 0 Å². The summed E-state index contributed by atoms with van der Waals surface area (Å²) >= 11 is 0. The summed E-state index contributed by atoms with van der Waals surface area (Å²) in [6.07, 6.45) is 14.3. The Kier molecular flexibility index (Phi) is 7.78. The second-order valence-corrected chi connectivity index (χ2v) is 2.94. The molecule has 0 heterocycles. The minimum Gasteiger partial charge on any atom is -0.0914 e. The molecule has 0 aromatic carbocycles. The first-order chi connectivity index (χ1) is 5.81. The molecule has 0 heteroatoms. The van der Waals surface area contributed by atoms with Gasteiger partial charge < -0.3 is 0 Å². The summed E-state index contributed by atoms with van der Waals surface area (Å²) in [5, 5.41) is 0. The number of rotatable bonds is 5. The molecule has 0 fully saturated rings. The smallest absolute Gasteiger partial charge is 0.0141 e. The lowest BCUT2D eigenvalue weighted by molar-refractivity contribution is 1.14. The molecule has 0 aromatic heterocycles.